The lowest BCUT2D eigenvalue weighted by atomic mass is 10.3. The Morgan fingerprint density at radius 1 is 1.14 bits per heavy atom. The molecule has 0 fully saturated rings. The number of H-pyrrole nitrogens is 1. The molecule has 2 heterocycles. The summed E-state index contributed by atoms with van der Waals surface area (Å²) in [6, 6.07) is 15.8. The van der Waals surface area contributed by atoms with E-state index in [1.165, 1.54) is 0 Å². The second kappa shape index (κ2) is 5.88. The summed E-state index contributed by atoms with van der Waals surface area (Å²) in [5.74, 6) is 0.761. The van der Waals surface area contributed by atoms with Gasteiger partial charge in [0.25, 0.3) is 0 Å². The summed E-state index contributed by atoms with van der Waals surface area (Å²) < 4.78 is 2.49. The molecule has 5 nitrogen and oxygen atoms in total. The summed E-state index contributed by atoms with van der Waals surface area (Å²) in [5, 5.41) is 7.19. The van der Waals surface area contributed by atoms with Gasteiger partial charge in [0, 0.05) is 13.2 Å². The highest BCUT2D eigenvalue weighted by atomic mass is 32.1. The van der Waals surface area contributed by atoms with E-state index in [2.05, 4.69) is 15.2 Å². The Morgan fingerprint density at radius 2 is 1.90 bits per heavy atom. The van der Waals surface area contributed by atoms with Crippen LogP contribution in [0.5, 0.6) is 0 Å². The zero-order chi connectivity index (χ0) is 14.7. The molecule has 0 saturated heterocycles. The summed E-state index contributed by atoms with van der Waals surface area (Å²) in [4.78, 5) is 6.35. The van der Waals surface area contributed by atoms with Gasteiger partial charge in [0.1, 0.15) is 0 Å². The summed E-state index contributed by atoms with van der Waals surface area (Å²) in [7, 11) is 1.97. The molecule has 106 valence electrons. The Kier molecular flexibility index (Phi) is 3.79. The first-order chi connectivity index (χ1) is 10.3. The highest BCUT2D eigenvalue weighted by molar-refractivity contribution is 7.71. The number of para-hydroxylation sites is 1. The fourth-order valence-corrected chi connectivity index (χ4v) is 2.39. The number of hydrogen-bond donors (Lipinski definition) is 1. The SMILES string of the molecule is CN(Cc1ccccn1)c1n[nH]c(=S)n1-c1ccccc1. The lowest BCUT2D eigenvalue weighted by molar-refractivity contribution is 0.822. The van der Waals surface area contributed by atoms with E-state index < -0.39 is 0 Å². The predicted molar refractivity (Wildman–Crippen MR) is 85.1 cm³/mol. The quantitative estimate of drug-likeness (QED) is 0.752. The van der Waals surface area contributed by atoms with Crippen LogP contribution >= 0.6 is 12.2 Å². The molecule has 0 amide bonds. The maximum absolute atomic E-state index is 5.34. The van der Waals surface area contributed by atoms with Crippen molar-refractivity contribution < 1.29 is 0 Å². The number of pyridine rings is 1. The van der Waals surface area contributed by atoms with Crippen molar-refractivity contribution in [1.29, 1.82) is 0 Å². The van der Waals surface area contributed by atoms with Gasteiger partial charge in [0.05, 0.1) is 17.9 Å². The van der Waals surface area contributed by atoms with Crippen molar-refractivity contribution in [2.24, 2.45) is 0 Å². The zero-order valence-corrected chi connectivity index (χ0v) is 12.4. The van der Waals surface area contributed by atoms with Crippen LogP contribution in [0.2, 0.25) is 0 Å². The summed E-state index contributed by atoms with van der Waals surface area (Å²) in [5.41, 5.74) is 1.97. The molecular weight excluding hydrogens is 282 g/mol. The third-order valence-electron chi connectivity index (χ3n) is 3.14. The minimum absolute atomic E-state index is 0.573. The molecule has 1 aromatic carbocycles. The van der Waals surface area contributed by atoms with Crippen molar-refractivity contribution in [3.63, 3.8) is 0 Å². The molecule has 6 heteroatoms. The molecule has 1 N–H and O–H groups in total. The lowest BCUT2D eigenvalue weighted by Crippen LogP contribution is -2.21. The molecule has 0 bridgehead atoms. The zero-order valence-electron chi connectivity index (χ0n) is 11.6. The lowest BCUT2D eigenvalue weighted by Gasteiger charge is -2.18. The second-order valence-electron chi connectivity index (χ2n) is 4.68. The molecule has 0 unspecified atom stereocenters. The fourth-order valence-electron chi connectivity index (χ4n) is 2.16. The van der Waals surface area contributed by atoms with Gasteiger partial charge in [-0.25, -0.2) is 5.10 Å². The van der Waals surface area contributed by atoms with Crippen LogP contribution in [0.1, 0.15) is 5.69 Å². The molecule has 0 aliphatic carbocycles. The normalized spacial score (nSPS) is 10.5. The number of benzene rings is 1. The Balaban J connectivity index is 1.95. The monoisotopic (exact) mass is 297 g/mol. The molecule has 21 heavy (non-hydrogen) atoms. The van der Waals surface area contributed by atoms with Crippen molar-refractivity contribution >= 4 is 18.2 Å². The van der Waals surface area contributed by atoms with E-state index in [9.17, 15) is 0 Å². The van der Waals surface area contributed by atoms with Crippen molar-refractivity contribution in [3.8, 4) is 5.69 Å². The third kappa shape index (κ3) is 2.85. The minimum Gasteiger partial charge on any atom is -0.338 e. The Bertz CT molecular complexity index is 764. The van der Waals surface area contributed by atoms with Crippen LogP contribution in [-0.4, -0.2) is 26.8 Å². The van der Waals surface area contributed by atoms with E-state index >= 15 is 0 Å². The number of hydrogen-bond acceptors (Lipinski definition) is 4. The van der Waals surface area contributed by atoms with Gasteiger partial charge in [-0.05, 0) is 36.5 Å². The molecular formula is C15H15N5S. The van der Waals surface area contributed by atoms with E-state index in [1.807, 2.05) is 65.0 Å². The Hall–Kier alpha value is -2.47. The van der Waals surface area contributed by atoms with Crippen LogP contribution in [-0.2, 0) is 6.54 Å². The minimum atomic E-state index is 0.573. The van der Waals surface area contributed by atoms with Crippen LogP contribution < -0.4 is 4.90 Å². The van der Waals surface area contributed by atoms with Gasteiger partial charge in [0.15, 0.2) is 0 Å². The summed E-state index contributed by atoms with van der Waals surface area (Å²) in [6.45, 7) is 0.660. The van der Waals surface area contributed by atoms with Gasteiger partial charge in [-0.1, -0.05) is 24.3 Å². The molecule has 3 rings (SSSR count). The summed E-state index contributed by atoms with van der Waals surface area (Å²) >= 11 is 5.34. The van der Waals surface area contributed by atoms with E-state index in [0.29, 0.717) is 11.3 Å². The molecule has 0 atom stereocenters. The topological polar surface area (TPSA) is 49.7 Å². The van der Waals surface area contributed by atoms with Crippen molar-refractivity contribution in [2.45, 2.75) is 6.54 Å². The number of rotatable bonds is 4. The number of anilines is 1. The number of nitrogens with zero attached hydrogens (tertiary/aromatic N) is 4. The van der Waals surface area contributed by atoms with Crippen molar-refractivity contribution in [3.05, 3.63) is 65.2 Å². The van der Waals surface area contributed by atoms with Crippen molar-refractivity contribution in [1.82, 2.24) is 19.7 Å². The highest BCUT2D eigenvalue weighted by Gasteiger charge is 2.13. The molecule has 0 aliphatic heterocycles. The van der Waals surface area contributed by atoms with E-state index in [-0.39, 0.29) is 0 Å². The molecule has 0 aliphatic rings. The van der Waals surface area contributed by atoms with Crippen LogP contribution in [0.25, 0.3) is 5.69 Å². The first-order valence-corrected chi connectivity index (χ1v) is 7.00. The first kappa shape index (κ1) is 13.5. The smallest absolute Gasteiger partial charge is 0.230 e. The number of aromatic nitrogens is 4. The van der Waals surface area contributed by atoms with Gasteiger partial charge in [-0.3, -0.25) is 9.55 Å². The highest BCUT2D eigenvalue weighted by Crippen LogP contribution is 2.18. The number of aromatic amines is 1. The van der Waals surface area contributed by atoms with Gasteiger partial charge < -0.3 is 4.90 Å². The maximum atomic E-state index is 5.34. The Labute approximate surface area is 127 Å². The first-order valence-electron chi connectivity index (χ1n) is 6.59. The third-order valence-corrected chi connectivity index (χ3v) is 3.41. The van der Waals surface area contributed by atoms with E-state index in [0.717, 1.165) is 17.3 Å². The largest absolute Gasteiger partial charge is 0.338 e. The Morgan fingerprint density at radius 3 is 2.62 bits per heavy atom. The van der Waals surface area contributed by atoms with Gasteiger partial charge >= 0.3 is 0 Å². The molecule has 0 spiro atoms. The van der Waals surface area contributed by atoms with Gasteiger partial charge in [-0.15, -0.1) is 5.10 Å². The predicted octanol–water partition coefficient (Wildman–Crippen LogP) is 2.96. The standard InChI is InChI=1S/C15H15N5S/c1-19(11-12-7-5-6-10-16-12)14-17-18-15(21)20(14)13-8-3-2-4-9-13/h2-10H,11H2,1H3,(H,18,21). The fraction of sp³-hybridized carbons (Fsp3) is 0.133. The van der Waals surface area contributed by atoms with E-state index in [4.69, 9.17) is 12.2 Å². The van der Waals surface area contributed by atoms with Gasteiger partial charge in [0.2, 0.25) is 10.7 Å². The maximum Gasteiger partial charge on any atom is 0.230 e. The molecule has 0 radical (unpaired) electrons. The van der Waals surface area contributed by atoms with Crippen LogP contribution in [0.4, 0.5) is 5.95 Å². The van der Waals surface area contributed by atoms with Crippen LogP contribution in [0.3, 0.4) is 0 Å². The average molecular weight is 297 g/mol. The second-order valence-corrected chi connectivity index (χ2v) is 5.06. The molecule has 3 aromatic rings. The average Bonchev–Trinajstić information content (AvgIpc) is 2.91. The van der Waals surface area contributed by atoms with E-state index in [1.54, 1.807) is 6.20 Å². The van der Waals surface area contributed by atoms with Crippen molar-refractivity contribution in [2.75, 3.05) is 11.9 Å². The van der Waals surface area contributed by atoms with Crippen LogP contribution in [0, 0.1) is 4.77 Å². The molecule has 0 saturated carbocycles. The van der Waals surface area contributed by atoms with Gasteiger partial charge in [-0.2, -0.15) is 0 Å². The summed E-state index contributed by atoms with van der Waals surface area (Å²) in [6.07, 6.45) is 1.79. The molecule has 2 aromatic heterocycles. The van der Waals surface area contributed by atoms with Crippen LogP contribution in [0.15, 0.2) is 54.7 Å². The number of nitrogens with one attached hydrogen (secondary N) is 1.